The summed E-state index contributed by atoms with van der Waals surface area (Å²) in [7, 11) is 3.37. The van der Waals surface area contributed by atoms with Crippen molar-refractivity contribution < 1.29 is 9.53 Å². The molecular formula is C12H18N4O2S. The van der Waals surface area contributed by atoms with Gasteiger partial charge < -0.3 is 20.7 Å². The second kappa shape index (κ2) is 7.65. The number of nitrogens with zero attached hydrogens (tertiary/aromatic N) is 2. The maximum absolute atomic E-state index is 11.7. The van der Waals surface area contributed by atoms with E-state index in [-0.39, 0.29) is 17.4 Å². The second-order valence-corrected chi connectivity index (χ2v) is 4.40. The number of likely N-dealkylation sites (N-methyl/N-ethyl adjacent to an activating group) is 1. The molecule has 0 aromatic carbocycles. The highest BCUT2D eigenvalue weighted by atomic mass is 32.1. The molecule has 1 aromatic heterocycles. The van der Waals surface area contributed by atoms with Gasteiger partial charge in [-0.05, 0) is 6.07 Å². The SMILES string of the molecule is COCCNC(=O)CN(C)c1cnccc1C(N)=S. The number of methoxy groups -OCH3 is 1. The first-order chi connectivity index (χ1) is 9.06. The average molecular weight is 282 g/mol. The van der Waals surface area contributed by atoms with Gasteiger partial charge in [-0.15, -0.1) is 0 Å². The van der Waals surface area contributed by atoms with E-state index >= 15 is 0 Å². The Hall–Kier alpha value is -1.73. The van der Waals surface area contributed by atoms with Crippen LogP contribution >= 0.6 is 12.2 Å². The summed E-state index contributed by atoms with van der Waals surface area (Å²) in [6.07, 6.45) is 3.25. The van der Waals surface area contributed by atoms with Crippen LogP contribution in [0.15, 0.2) is 18.5 Å². The minimum atomic E-state index is -0.0997. The number of carbonyl (C=O) groups is 1. The summed E-state index contributed by atoms with van der Waals surface area (Å²) in [6, 6.07) is 1.73. The Morgan fingerprint density at radius 3 is 3.00 bits per heavy atom. The van der Waals surface area contributed by atoms with Gasteiger partial charge in [-0.1, -0.05) is 12.2 Å². The molecule has 0 aliphatic carbocycles. The smallest absolute Gasteiger partial charge is 0.239 e. The van der Waals surface area contributed by atoms with Gasteiger partial charge in [0.15, 0.2) is 0 Å². The van der Waals surface area contributed by atoms with Gasteiger partial charge in [0, 0.05) is 32.5 Å². The molecule has 0 aliphatic rings. The Morgan fingerprint density at radius 2 is 2.37 bits per heavy atom. The standard InChI is InChI=1S/C12H18N4O2S/c1-16(8-11(17)15-5-6-18-2)10-7-14-4-3-9(10)12(13)19/h3-4,7H,5-6,8H2,1-2H3,(H2,13,19)(H,15,17). The van der Waals surface area contributed by atoms with Gasteiger partial charge >= 0.3 is 0 Å². The van der Waals surface area contributed by atoms with Gasteiger partial charge in [0.1, 0.15) is 4.99 Å². The maximum Gasteiger partial charge on any atom is 0.239 e. The molecule has 7 heteroatoms. The van der Waals surface area contributed by atoms with E-state index in [1.54, 1.807) is 37.5 Å². The first-order valence-corrected chi connectivity index (χ1v) is 6.17. The zero-order valence-corrected chi connectivity index (χ0v) is 11.9. The molecule has 0 aliphatic heterocycles. The van der Waals surface area contributed by atoms with Gasteiger partial charge in [-0.3, -0.25) is 9.78 Å². The summed E-state index contributed by atoms with van der Waals surface area (Å²) in [6.45, 7) is 1.17. The van der Waals surface area contributed by atoms with E-state index in [4.69, 9.17) is 22.7 Å². The number of rotatable bonds is 7. The predicted octanol–water partition coefficient (Wildman–Crippen LogP) is -0.0854. The molecule has 19 heavy (non-hydrogen) atoms. The number of hydrogen-bond donors (Lipinski definition) is 2. The minimum absolute atomic E-state index is 0.0997. The summed E-state index contributed by atoms with van der Waals surface area (Å²) in [4.78, 5) is 17.7. The van der Waals surface area contributed by atoms with Crippen molar-refractivity contribution in [2.75, 3.05) is 38.8 Å². The van der Waals surface area contributed by atoms with Gasteiger partial charge in [-0.2, -0.15) is 0 Å². The number of nitrogens with two attached hydrogens (primary N) is 1. The summed E-state index contributed by atoms with van der Waals surface area (Å²) < 4.78 is 4.86. The molecule has 0 radical (unpaired) electrons. The molecule has 1 amide bonds. The number of ether oxygens (including phenoxy) is 1. The lowest BCUT2D eigenvalue weighted by molar-refractivity contribution is -0.119. The number of thiocarbonyl (C=S) groups is 1. The van der Waals surface area contributed by atoms with Crippen molar-refractivity contribution >= 4 is 28.8 Å². The minimum Gasteiger partial charge on any atom is -0.389 e. The topological polar surface area (TPSA) is 80.5 Å². The third-order valence-corrected chi connectivity index (χ3v) is 2.71. The number of anilines is 1. The van der Waals surface area contributed by atoms with Crippen molar-refractivity contribution in [3.63, 3.8) is 0 Å². The Kier molecular flexibility index (Phi) is 6.17. The van der Waals surface area contributed by atoms with Crippen molar-refractivity contribution in [3.8, 4) is 0 Å². The van der Waals surface area contributed by atoms with E-state index in [0.717, 1.165) is 5.69 Å². The molecule has 0 bridgehead atoms. The maximum atomic E-state index is 11.7. The molecule has 0 unspecified atom stereocenters. The lowest BCUT2D eigenvalue weighted by Gasteiger charge is -2.21. The largest absolute Gasteiger partial charge is 0.389 e. The average Bonchev–Trinajstić information content (AvgIpc) is 2.39. The molecule has 0 fully saturated rings. The Labute approximate surface area is 117 Å². The lowest BCUT2D eigenvalue weighted by atomic mass is 10.2. The Bertz CT molecular complexity index is 453. The molecule has 0 spiro atoms. The molecular weight excluding hydrogens is 264 g/mol. The fourth-order valence-electron chi connectivity index (χ4n) is 1.55. The highest BCUT2D eigenvalue weighted by molar-refractivity contribution is 7.80. The monoisotopic (exact) mass is 282 g/mol. The molecule has 3 N–H and O–H groups in total. The van der Waals surface area contributed by atoms with Crippen molar-refractivity contribution in [2.45, 2.75) is 0 Å². The molecule has 1 rings (SSSR count). The van der Waals surface area contributed by atoms with E-state index in [0.29, 0.717) is 18.7 Å². The Balaban J connectivity index is 2.65. The first-order valence-electron chi connectivity index (χ1n) is 5.77. The molecule has 104 valence electrons. The Morgan fingerprint density at radius 1 is 1.63 bits per heavy atom. The number of aromatic nitrogens is 1. The number of pyridine rings is 1. The van der Waals surface area contributed by atoms with Crippen molar-refractivity contribution in [1.29, 1.82) is 0 Å². The highest BCUT2D eigenvalue weighted by Gasteiger charge is 2.12. The van der Waals surface area contributed by atoms with Crippen LogP contribution in [-0.4, -0.2) is 49.7 Å². The third-order valence-electron chi connectivity index (χ3n) is 2.49. The summed E-state index contributed by atoms with van der Waals surface area (Å²) in [5, 5.41) is 2.74. The van der Waals surface area contributed by atoms with E-state index in [1.165, 1.54) is 0 Å². The quantitative estimate of drug-likeness (QED) is 0.537. The van der Waals surface area contributed by atoms with Gasteiger partial charge in [0.05, 0.1) is 25.0 Å². The summed E-state index contributed by atoms with van der Waals surface area (Å²) >= 11 is 4.97. The first kappa shape index (κ1) is 15.3. The molecule has 0 saturated carbocycles. The number of carbonyl (C=O) groups excluding carboxylic acids is 1. The van der Waals surface area contributed by atoms with Gasteiger partial charge in [0.25, 0.3) is 0 Å². The molecule has 6 nitrogen and oxygen atoms in total. The van der Waals surface area contributed by atoms with Crippen molar-refractivity contribution in [1.82, 2.24) is 10.3 Å². The lowest BCUT2D eigenvalue weighted by Crippen LogP contribution is -2.37. The molecule has 1 heterocycles. The second-order valence-electron chi connectivity index (χ2n) is 3.96. The van der Waals surface area contributed by atoms with Crippen LogP contribution in [0.5, 0.6) is 0 Å². The summed E-state index contributed by atoms with van der Waals surface area (Å²) in [5.41, 5.74) is 7.08. The van der Waals surface area contributed by atoms with Gasteiger partial charge in [-0.25, -0.2) is 0 Å². The van der Waals surface area contributed by atoms with Crippen LogP contribution in [-0.2, 0) is 9.53 Å². The number of nitrogens with one attached hydrogen (secondary N) is 1. The van der Waals surface area contributed by atoms with Crippen LogP contribution in [0.3, 0.4) is 0 Å². The predicted molar refractivity (Wildman–Crippen MR) is 78.3 cm³/mol. The van der Waals surface area contributed by atoms with Crippen LogP contribution in [0.25, 0.3) is 0 Å². The van der Waals surface area contributed by atoms with Crippen LogP contribution in [0.1, 0.15) is 5.56 Å². The van der Waals surface area contributed by atoms with E-state index in [1.807, 2.05) is 0 Å². The van der Waals surface area contributed by atoms with Crippen molar-refractivity contribution in [3.05, 3.63) is 24.0 Å². The van der Waals surface area contributed by atoms with E-state index < -0.39 is 0 Å². The van der Waals surface area contributed by atoms with E-state index in [9.17, 15) is 4.79 Å². The van der Waals surface area contributed by atoms with Crippen LogP contribution in [0.4, 0.5) is 5.69 Å². The zero-order valence-electron chi connectivity index (χ0n) is 11.0. The number of amides is 1. The van der Waals surface area contributed by atoms with Crippen molar-refractivity contribution in [2.24, 2.45) is 5.73 Å². The van der Waals surface area contributed by atoms with Crippen LogP contribution < -0.4 is 16.0 Å². The normalized spacial score (nSPS) is 10.0. The highest BCUT2D eigenvalue weighted by Crippen LogP contribution is 2.17. The summed E-state index contributed by atoms with van der Waals surface area (Å²) in [5.74, 6) is -0.0997. The molecule has 0 saturated heterocycles. The van der Waals surface area contributed by atoms with Gasteiger partial charge in [0.2, 0.25) is 5.91 Å². The van der Waals surface area contributed by atoms with Crippen LogP contribution in [0, 0.1) is 0 Å². The number of hydrogen-bond acceptors (Lipinski definition) is 5. The molecule has 1 aromatic rings. The van der Waals surface area contributed by atoms with E-state index in [2.05, 4.69) is 10.3 Å². The molecule has 0 atom stereocenters. The third kappa shape index (κ3) is 4.80. The van der Waals surface area contributed by atoms with Crippen LogP contribution in [0.2, 0.25) is 0 Å². The fourth-order valence-corrected chi connectivity index (χ4v) is 1.72. The zero-order chi connectivity index (χ0) is 14.3. The fraction of sp³-hybridized carbons (Fsp3) is 0.417.